The Hall–Kier alpha value is -2.67. The standard InChI is InChI=1S/C16H18N4O3/c1-23-8-4-7-17-14(21)10-20-16(22)15-12(9-18-20)11-5-2-3-6-13(11)19-15/h2-3,5-6,9,19H,4,7-8,10H2,1H3,(H,17,21). The maximum absolute atomic E-state index is 12.5. The second-order valence-electron chi connectivity index (χ2n) is 5.26. The van der Waals surface area contributed by atoms with Crippen LogP contribution in [0.1, 0.15) is 6.42 Å². The molecule has 7 heteroatoms. The minimum absolute atomic E-state index is 0.100. The lowest BCUT2D eigenvalue weighted by molar-refractivity contribution is -0.121. The van der Waals surface area contributed by atoms with Crippen LogP contribution in [0.3, 0.4) is 0 Å². The molecule has 0 saturated carbocycles. The first-order valence-electron chi connectivity index (χ1n) is 7.43. The van der Waals surface area contributed by atoms with Gasteiger partial charge >= 0.3 is 0 Å². The van der Waals surface area contributed by atoms with Gasteiger partial charge in [0.2, 0.25) is 5.91 Å². The molecule has 3 aromatic rings. The van der Waals surface area contributed by atoms with Crippen molar-refractivity contribution >= 4 is 27.7 Å². The second kappa shape index (κ2) is 6.62. The normalized spacial score (nSPS) is 11.2. The zero-order valence-corrected chi connectivity index (χ0v) is 12.8. The molecule has 2 heterocycles. The molecule has 7 nitrogen and oxygen atoms in total. The Labute approximate surface area is 132 Å². The summed E-state index contributed by atoms with van der Waals surface area (Å²) in [6.07, 6.45) is 2.35. The number of para-hydroxylation sites is 1. The third kappa shape index (κ3) is 3.09. The molecular formula is C16H18N4O3. The van der Waals surface area contributed by atoms with Gasteiger partial charge in [0, 0.05) is 36.6 Å². The van der Waals surface area contributed by atoms with Crippen molar-refractivity contribution in [1.82, 2.24) is 20.1 Å². The highest BCUT2D eigenvalue weighted by molar-refractivity contribution is 6.06. The number of carbonyl (C=O) groups excluding carboxylic acids is 1. The molecule has 2 aromatic heterocycles. The molecule has 0 aliphatic rings. The Bertz CT molecular complexity index is 897. The molecule has 0 spiro atoms. The summed E-state index contributed by atoms with van der Waals surface area (Å²) < 4.78 is 6.09. The van der Waals surface area contributed by atoms with Gasteiger partial charge in [0.05, 0.1) is 6.20 Å². The Morgan fingerprint density at radius 2 is 2.17 bits per heavy atom. The number of hydrogen-bond acceptors (Lipinski definition) is 4. The summed E-state index contributed by atoms with van der Waals surface area (Å²) >= 11 is 0. The number of hydrogen-bond donors (Lipinski definition) is 2. The first-order chi connectivity index (χ1) is 11.2. The van der Waals surface area contributed by atoms with Crippen molar-refractivity contribution in [1.29, 1.82) is 0 Å². The van der Waals surface area contributed by atoms with Crippen LogP contribution in [-0.2, 0) is 16.1 Å². The quantitative estimate of drug-likeness (QED) is 0.665. The minimum Gasteiger partial charge on any atom is -0.385 e. The van der Waals surface area contributed by atoms with Gasteiger partial charge in [-0.3, -0.25) is 9.59 Å². The van der Waals surface area contributed by atoms with E-state index in [2.05, 4.69) is 15.4 Å². The Balaban J connectivity index is 1.82. The molecule has 0 aliphatic carbocycles. The number of amides is 1. The number of nitrogens with zero attached hydrogens (tertiary/aromatic N) is 2. The van der Waals surface area contributed by atoms with Crippen LogP contribution in [0.25, 0.3) is 21.8 Å². The molecule has 0 atom stereocenters. The van der Waals surface area contributed by atoms with Crippen molar-refractivity contribution in [3.63, 3.8) is 0 Å². The number of aromatic amines is 1. The fraction of sp³-hybridized carbons (Fsp3) is 0.312. The Morgan fingerprint density at radius 1 is 1.35 bits per heavy atom. The van der Waals surface area contributed by atoms with E-state index in [-0.39, 0.29) is 18.0 Å². The summed E-state index contributed by atoms with van der Waals surface area (Å²) in [4.78, 5) is 27.5. The van der Waals surface area contributed by atoms with E-state index in [4.69, 9.17) is 4.74 Å². The van der Waals surface area contributed by atoms with Gasteiger partial charge in [0.1, 0.15) is 12.1 Å². The van der Waals surface area contributed by atoms with E-state index < -0.39 is 0 Å². The van der Waals surface area contributed by atoms with Gasteiger partial charge in [0.25, 0.3) is 5.56 Å². The molecule has 23 heavy (non-hydrogen) atoms. The molecule has 0 radical (unpaired) electrons. The molecule has 0 bridgehead atoms. The molecule has 0 unspecified atom stereocenters. The van der Waals surface area contributed by atoms with Crippen LogP contribution in [0.15, 0.2) is 35.3 Å². The van der Waals surface area contributed by atoms with Crippen molar-refractivity contribution < 1.29 is 9.53 Å². The number of methoxy groups -OCH3 is 1. The predicted molar refractivity (Wildman–Crippen MR) is 87.4 cm³/mol. The van der Waals surface area contributed by atoms with Gasteiger partial charge in [-0.1, -0.05) is 18.2 Å². The van der Waals surface area contributed by atoms with Crippen LogP contribution in [0.4, 0.5) is 0 Å². The topological polar surface area (TPSA) is 89.0 Å². The van der Waals surface area contributed by atoms with E-state index in [0.717, 1.165) is 22.7 Å². The molecule has 2 N–H and O–H groups in total. The Morgan fingerprint density at radius 3 is 3.00 bits per heavy atom. The second-order valence-corrected chi connectivity index (χ2v) is 5.26. The summed E-state index contributed by atoms with van der Waals surface area (Å²) in [5, 5.41) is 8.56. The minimum atomic E-state index is -0.300. The lowest BCUT2D eigenvalue weighted by atomic mass is 10.2. The zero-order chi connectivity index (χ0) is 16.2. The van der Waals surface area contributed by atoms with E-state index >= 15 is 0 Å². The van der Waals surface area contributed by atoms with Gasteiger partial charge < -0.3 is 15.0 Å². The molecule has 3 rings (SSSR count). The molecule has 1 amide bonds. The van der Waals surface area contributed by atoms with E-state index in [1.807, 2.05) is 24.3 Å². The molecule has 0 aliphatic heterocycles. The fourth-order valence-corrected chi connectivity index (χ4v) is 2.52. The van der Waals surface area contributed by atoms with Crippen molar-refractivity contribution in [2.24, 2.45) is 0 Å². The Kier molecular flexibility index (Phi) is 4.38. The first-order valence-corrected chi connectivity index (χ1v) is 7.43. The average molecular weight is 314 g/mol. The lowest BCUT2D eigenvalue weighted by Gasteiger charge is -2.06. The maximum atomic E-state index is 12.5. The van der Waals surface area contributed by atoms with Crippen molar-refractivity contribution in [3.05, 3.63) is 40.8 Å². The van der Waals surface area contributed by atoms with Gasteiger partial charge in [-0.05, 0) is 12.5 Å². The first kappa shape index (κ1) is 15.2. The molecule has 120 valence electrons. The summed E-state index contributed by atoms with van der Waals surface area (Å²) in [5.74, 6) is -0.244. The van der Waals surface area contributed by atoms with Crippen LogP contribution in [0, 0.1) is 0 Å². The molecule has 1 aromatic carbocycles. The van der Waals surface area contributed by atoms with Crippen molar-refractivity contribution in [3.8, 4) is 0 Å². The summed E-state index contributed by atoms with van der Waals surface area (Å²) in [7, 11) is 1.61. The fourth-order valence-electron chi connectivity index (χ4n) is 2.52. The summed E-state index contributed by atoms with van der Waals surface area (Å²) in [6.45, 7) is 0.993. The lowest BCUT2D eigenvalue weighted by Crippen LogP contribution is -2.34. The number of benzene rings is 1. The van der Waals surface area contributed by atoms with E-state index in [1.165, 1.54) is 4.68 Å². The monoisotopic (exact) mass is 314 g/mol. The van der Waals surface area contributed by atoms with Crippen molar-refractivity contribution in [2.75, 3.05) is 20.3 Å². The molecule has 0 saturated heterocycles. The summed E-state index contributed by atoms with van der Waals surface area (Å²) in [5.41, 5.74) is 1.04. The SMILES string of the molecule is COCCCNC(=O)Cn1ncc2c([nH]c3ccccc32)c1=O. The van der Waals surface area contributed by atoms with Crippen molar-refractivity contribution in [2.45, 2.75) is 13.0 Å². The number of aromatic nitrogens is 3. The predicted octanol–water partition coefficient (Wildman–Crippen LogP) is 1.03. The van der Waals surface area contributed by atoms with Gasteiger partial charge in [-0.15, -0.1) is 0 Å². The largest absolute Gasteiger partial charge is 0.385 e. The van der Waals surface area contributed by atoms with Gasteiger partial charge in [-0.2, -0.15) is 5.10 Å². The highest BCUT2D eigenvalue weighted by Gasteiger charge is 2.12. The van der Waals surface area contributed by atoms with Crippen LogP contribution in [-0.4, -0.2) is 40.9 Å². The number of nitrogens with one attached hydrogen (secondary N) is 2. The van der Waals surface area contributed by atoms with Gasteiger partial charge in [-0.25, -0.2) is 4.68 Å². The molecule has 0 fully saturated rings. The van der Waals surface area contributed by atoms with E-state index in [1.54, 1.807) is 13.3 Å². The van der Waals surface area contributed by atoms with Crippen LogP contribution >= 0.6 is 0 Å². The van der Waals surface area contributed by atoms with E-state index in [0.29, 0.717) is 18.7 Å². The number of H-pyrrole nitrogens is 1. The highest BCUT2D eigenvalue weighted by atomic mass is 16.5. The third-order valence-corrected chi connectivity index (χ3v) is 3.66. The zero-order valence-electron chi connectivity index (χ0n) is 12.8. The smallest absolute Gasteiger partial charge is 0.291 e. The van der Waals surface area contributed by atoms with Crippen LogP contribution < -0.4 is 10.9 Å². The third-order valence-electron chi connectivity index (χ3n) is 3.66. The van der Waals surface area contributed by atoms with Gasteiger partial charge in [0.15, 0.2) is 0 Å². The number of fused-ring (bicyclic) bond motifs is 3. The number of rotatable bonds is 6. The summed E-state index contributed by atoms with van der Waals surface area (Å²) in [6, 6.07) is 7.65. The number of ether oxygens (including phenoxy) is 1. The van der Waals surface area contributed by atoms with Crippen LogP contribution in [0.2, 0.25) is 0 Å². The highest BCUT2D eigenvalue weighted by Crippen LogP contribution is 2.21. The number of carbonyl (C=O) groups is 1. The van der Waals surface area contributed by atoms with E-state index in [9.17, 15) is 9.59 Å². The molecular weight excluding hydrogens is 296 g/mol. The average Bonchev–Trinajstić information content (AvgIpc) is 2.94. The van der Waals surface area contributed by atoms with Crippen LogP contribution in [0.5, 0.6) is 0 Å². The maximum Gasteiger partial charge on any atom is 0.291 e.